The quantitative estimate of drug-likeness (QED) is 0.441. The van der Waals surface area contributed by atoms with E-state index >= 15 is 0 Å². The molecule has 0 saturated carbocycles. The summed E-state index contributed by atoms with van der Waals surface area (Å²) in [5.41, 5.74) is -0.154. The van der Waals surface area contributed by atoms with Crippen LogP contribution in [0.1, 0.15) is 95.9 Å². The Morgan fingerprint density at radius 2 is 1.13 bits per heavy atom. The van der Waals surface area contributed by atoms with Gasteiger partial charge < -0.3 is 0 Å². The monoisotopic (exact) mass is 482 g/mol. The van der Waals surface area contributed by atoms with Crippen LogP contribution in [-0.4, -0.2) is 61.1 Å². The zero-order chi connectivity index (χ0) is 25.4. The smallest absolute Gasteiger partial charge is 0.212 e. The van der Waals surface area contributed by atoms with Crippen molar-refractivity contribution in [2.75, 3.05) is 14.1 Å². The first-order chi connectivity index (χ1) is 13.4. The molecule has 0 amide bonds. The van der Waals surface area contributed by atoms with Gasteiger partial charge in [-0.15, -0.1) is 0 Å². The lowest BCUT2D eigenvalue weighted by Crippen LogP contribution is -2.50. The molecule has 0 aromatic heterocycles. The Hall–Kier alpha value is -0.180. The van der Waals surface area contributed by atoms with Gasteiger partial charge in [-0.3, -0.25) is 0 Å². The van der Waals surface area contributed by atoms with E-state index in [0.29, 0.717) is 12.8 Å². The summed E-state index contributed by atoms with van der Waals surface area (Å²) in [5.74, 6) is 0.263. The van der Waals surface area contributed by atoms with Crippen LogP contribution in [0, 0.1) is 17.3 Å². The maximum absolute atomic E-state index is 13.3. The van der Waals surface area contributed by atoms with Crippen molar-refractivity contribution in [2.45, 2.75) is 118 Å². The molecule has 8 heteroatoms. The Labute approximate surface area is 194 Å². The van der Waals surface area contributed by atoms with Crippen molar-refractivity contribution in [1.29, 1.82) is 0 Å². The van der Waals surface area contributed by atoms with Gasteiger partial charge in [0.15, 0.2) is 0 Å². The van der Waals surface area contributed by atoms with E-state index in [-0.39, 0.29) is 29.3 Å². The van der Waals surface area contributed by atoms with Gasteiger partial charge in [0.1, 0.15) is 0 Å². The van der Waals surface area contributed by atoms with E-state index in [2.05, 4.69) is 13.8 Å². The van der Waals surface area contributed by atoms with Gasteiger partial charge in [0.25, 0.3) is 0 Å². The zero-order valence-corrected chi connectivity index (χ0v) is 24.2. The maximum atomic E-state index is 13.3. The van der Waals surface area contributed by atoms with Gasteiger partial charge >= 0.3 is 0 Å². The minimum Gasteiger partial charge on any atom is -0.212 e. The molecular weight excluding hydrogens is 432 g/mol. The second-order valence-corrected chi connectivity index (χ2v) is 17.5. The van der Waals surface area contributed by atoms with Crippen LogP contribution in [0.4, 0.5) is 0 Å². The number of hydrogen-bond acceptors (Lipinski definition) is 4. The summed E-state index contributed by atoms with van der Waals surface area (Å²) in [4.78, 5) is 0. The van der Waals surface area contributed by atoms with Crippen LogP contribution in [0.2, 0.25) is 0 Å². The Bertz CT molecular complexity index is 790. The summed E-state index contributed by atoms with van der Waals surface area (Å²) in [6.07, 6.45) is 1.23. The van der Waals surface area contributed by atoms with Gasteiger partial charge in [0, 0.05) is 26.2 Å². The highest BCUT2D eigenvalue weighted by atomic mass is 32.2. The first-order valence-corrected chi connectivity index (χ1v) is 14.3. The molecule has 0 saturated heterocycles. The van der Waals surface area contributed by atoms with Crippen LogP contribution < -0.4 is 0 Å². The molecule has 0 aliphatic carbocycles. The third kappa shape index (κ3) is 6.90. The van der Waals surface area contributed by atoms with Gasteiger partial charge in [-0.05, 0) is 78.6 Å². The van der Waals surface area contributed by atoms with Gasteiger partial charge in [0.05, 0.1) is 9.49 Å². The molecular formula is C23H50N2O4S2. The lowest BCUT2D eigenvalue weighted by atomic mass is 9.85. The first kappa shape index (κ1) is 30.8. The summed E-state index contributed by atoms with van der Waals surface area (Å²) >= 11 is 0. The fraction of sp³-hybridized carbons (Fsp3) is 1.00. The number of nitrogens with zero attached hydrogens (tertiary/aromatic N) is 2. The molecule has 188 valence electrons. The number of rotatable bonds is 10. The van der Waals surface area contributed by atoms with Gasteiger partial charge in [-0.25, -0.2) is 25.4 Å². The maximum Gasteiger partial charge on any atom is 0.219 e. The molecule has 0 rings (SSSR count). The predicted octanol–water partition coefficient (Wildman–Crippen LogP) is 4.96. The summed E-state index contributed by atoms with van der Waals surface area (Å²) in [5, 5.41) is 0. The lowest BCUT2D eigenvalue weighted by molar-refractivity contribution is 0.206. The van der Waals surface area contributed by atoms with Crippen LogP contribution in [-0.2, 0) is 20.0 Å². The molecule has 0 bridgehead atoms. The van der Waals surface area contributed by atoms with E-state index in [1.54, 1.807) is 48.7 Å². The molecule has 6 nitrogen and oxygen atoms in total. The Balaban J connectivity index is 5.40. The summed E-state index contributed by atoms with van der Waals surface area (Å²) in [7, 11) is -3.60. The highest BCUT2D eigenvalue weighted by molar-refractivity contribution is 7.90. The molecule has 0 N–H and O–H groups in total. The fourth-order valence-electron chi connectivity index (χ4n) is 3.57. The normalized spacial score (nSPS) is 18.8. The molecule has 4 atom stereocenters. The largest absolute Gasteiger partial charge is 0.219 e. The molecule has 0 spiro atoms. The lowest BCUT2D eigenvalue weighted by Gasteiger charge is -2.40. The van der Waals surface area contributed by atoms with Crippen molar-refractivity contribution in [1.82, 2.24) is 8.61 Å². The standard InChI is InChI=1S/C23H50N2O4S2/c1-17(18(2)19(3)24(13)30(26,27)22(8,9)10)15-16-23(11,12)31(28,29)25(14)20(4)21(5,6)7/h17-20H,15-16H2,1-14H3/t17?,18?,19-,20+/m0/s1. The predicted molar refractivity (Wildman–Crippen MR) is 133 cm³/mol. The molecule has 2 unspecified atom stereocenters. The van der Waals surface area contributed by atoms with Gasteiger partial charge in [-0.1, -0.05) is 34.6 Å². The van der Waals surface area contributed by atoms with E-state index in [4.69, 9.17) is 0 Å². The molecule has 0 aliphatic rings. The summed E-state index contributed by atoms with van der Waals surface area (Å²) in [6, 6.07) is -0.299. The Morgan fingerprint density at radius 1 is 0.710 bits per heavy atom. The summed E-state index contributed by atoms with van der Waals surface area (Å²) in [6.45, 7) is 22.9. The van der Waals surface area contributed by atoms with Crippen molar-refractivity contribution in [3.8, 4) is 0 Å². The minimum absolute atomic E-state index is 0.0897. The second-order valence-electron chi connectivity index (χ2n) is 12.1. The van der Waals surface area contributed by atoms with Crippen LogP contribution in [0.3, 0.4) is 0 Å². The van der Waals surface area contributed by atoms with E-state index in [9.17, 15) is 16.8 Å². The Morgan fingerprint density at radius 3 is 1.48 bits per heavy atom. The van der Waals surface area contributed by atoms with Crippen molar-refractivity contribution in [2.24, 2.45) is 17.3 Å². The highest BCUT2D eigenvalue weighted by Crippen LogP contribution is 2.35. The third-order valence-corrected chi connectivity index (χ3v) is 12.8. The molecule has 31 heavy (non-hydrogen) atoms. The van der Waals surface area contributed by atoms with Crippen LogP contribution >= 0.6 is 0 Å². The molecule has 0 radical (unpaired) electrons. The molecule has 0 aliphatic heterocycles. The average Bonchev–Trinajstić information content (AvgIpc) is 2.60. The van der Waals surface area contributed by atoms with Crippen molar-refractivity contribution < 1.29 is 16.8 Å². The minimum atomic E-state index is -3.49. The second kappa shape index (κ2) is 9.98. The number of sulfonamides is 2. The molecule has 0 fully saturated rings. The Kier molecular flexibility index (Phi) is 9.92. The van der Waals surface area contributed by atoms with E-state index < -0.39 is 29.5 Å². The zero-order valence-electron chi connectivity index (χ0n) is 22.6. The SMILES string of the molecule is CC(CCC(C)(C)S(=O)(=O)N(C)[C@H](C)C(C)(C)C)C(C)[C@H](C)N(C)S(=O)(=O)C(C)(C)C. The summed E-state index contributed by atoms with van der Waals surface area (Å²) < 4.78 is 53.6. The van der Waals surface area contributed by atoms with Crippen molar-refractivity contribution in [3.63, 3.8) is 0 Å². The van der Waals surface area contributed by atoms with Crippen LogP contribution in [0.25, 0.3) is 0 Å². The molecule has 0 aromatic carbocycles. The van der Waals surface area contributed by atoms with E-state index in [0.717, 1.165) is 0 Å². The van der Waals surface area contributed by atoms with Crippen molar-refractivity contribution >= 4 is 20.0 Å². The molecule has 0 heterocycles. The first-order valence-electron chi connectivity index (χ1n) is 11.4. The topological polar surface area (TPSA) is 74.8 Å². The number of hydrogen-bond donors (Lipinski definition) is 0. The van der Waals surface area contributed by atoms with Gasteiger partial charge in [0.2, 0.25) is 20.0 Å². The highest BCUT2D eigenvalue weighted by Gasteiger charge is 2.42. The van der Waals surface area contributed by atoms with Crippen LogP contribution in [0.5, 0.6) is 0 Å². The average molecular weight is 483 g/mol. The van der Waals surface area contributed by atoms with E-state index in [1.807, 2.05) is 34.6 Å². The third-order valence-electron chi connectivity index (χ3n) is 7.46. The van der Waals surface area contributed by atoms with E-state index in [1.165, 1.54) is 8.61 Å². The van der Waals surface area contributed by atoms with Crippen molar-refractivity contribution in [3.05, 3.63) is 0 Å². The van der Waals surface area contributed by atoms with Crippen LogP contribution in [0.15, 0.2) is 0 Å². The molecule has 0 aromatic rings. The fourth-order valence-corrected chi connectivity index (χ4v) is 6.95. The van der Waals surface area contributed by atoms with Gasteiger partial charge in [-0.2, -0.15) is 0 Å².